The Morgan fingerprint density at radius 1 is 0.958 bits per heavy atom. The zero-order chi connectivity index (χ0) is 17.2. The number of carbonyl (C=O) groups excluding carboxylic acids is 2. The first-order valence-electron chi connectivity index (χ1n) is 9.19. The third kappa shape index (κ3) is 5.66. The SMILES string of the molecule is CCCCCOC(=O)c1ccccc1C(=O)OC1CCCCCC1. The van der Waals surface area contributed by atoms with Gasteiger partial charge in [-0.1, -0.05) is 44.7 Å². The van der Waals surface area contributed by atoms with Crippen molar-refractivity contribution in [3.8, 4) is 0 Å². The molecule has 0 aliphatic heterocycles. The van der Waals surface area contributed by atoms with Gasteiger partial charge in [0.15, 0.2) is 0 Å². The molecule has 0 radical (unpaired) electrons. The zero-order valence-electron chi connectivity index (χ0n) is 14.6. The lowest BCUT2D eigenvalue weighted by molar-refractivity contribution is 0.0258. The second-order valence-electron chi connectivity index (χ2n) is 6.41. The second kappa shape index (κ2) is 10.1. The fraction of sp³-hybridized carbons (Fsp3) is 0.600. The van der Waals surface area contributed by atoms with Gasteiger partial charge in [0.2, 0.25) is 0 Å². The summed E-state index contributed by atoms with van der Waals surface area (Å²) in [5.74, 6) is -0.859. The van der Waals surface area contributed by atoms with E-state index in [1.807, 2.05) is 0 Å². The summed E-state index contributed by atoms with van der Waals surface area (Å²) in [6.07, 6.45) is 9.33. The van der Waals surface area contributed by atoms with Gasteiger partial charge in [-0.3, -0.25) is 0 Å². The van der Waals surface area contributed by atoms with Crippen molar-refractivity contribution in [3.63, 3.8) is 0 Å². The van der Waals surface area contributed by atoms with Crippen molar-refractivity contribution in [2.45, 2.75) is 70.8 Å². The van der Waals surface area contributed by atoms with E-state index in [-0.39, 0.29) is 6.10 Å². The predicted octanol–water partition coefficient (Wildman–Crippen LogP) is 4.91. The van der Waals surface area contributed by atoms with Crippen LogP contribution in [-0.4, -0.2) is 24.6 Å². The highest BCUT2D eigenvalue weighted by Gasteiger charge is 2.22. The highest BCUT2D eigenvalue weighted by atomic mass is 16.5. The van der Waals surface area contributed by atoms with Crippen LogP contribution in [0, 0.1) is 0 Å². The number of esters is 2. The molecule has 1 aliphatic rings. The molecule has 0 heterocycles. The van der Waals surface area contributed by atoms with Crippen LogP contribution in [0.3, 0.4) is 0 Å². The van der Waals surface area contributed by atoms with E-state index >= 15 is 0 Å². The maximum atomic E-state index is 12.5. The zero-order valence-corrected chi connectivity index (χ0v) is 14.6. The van der Waals surface area contributed by atoms with Crippen LogP contribution in [0.2, 0.25) is 0 Å². The molecule has 1 fully saturated rings. The number of hydrogen-bond donors (Lipinski definition) is 0. The number of benzene rings is 1. The number of rotatable bonds is 7. The third-order valence-electron chi connectivity index (χ3n) is 4.42. The molecule has 0 saturated heterocycles. The minimum Gasteiger partial charge on any atom is -0.462 e. The molecular formula is C20H28O4. The standard InChI is InChI=1S/C20H28O4/c1-2-3-10-15-23-19(21)17-13-8-9-14-18(17)20(22)24-16-11-6-4-5-7-12-16/h8-9,13-14,16H,2-7,10-12,15H2,1H3. The maximum absolute atomic E-state index is 12.5. The van der Waals surface area contributed by atoms with E-state index in [2.05, 4.69) is 6.92 Å². The second-order valence-corrected chi connectivity index (χ2v) is 6.41. The van der Waals surface area contributed by atoms with Crippen LogP contribution in [0.4, 0.5) is 0 Å². The molecule has 0 bridgehead atoms. The molecule has 1 saturated carbocycles. The number of carbonyl (C=O) groups is 2. The van der Waals surface area contributed by atoms with Crippen molar-refractivity contribution < 1.29 is 19.1 Å². The van der Waals surface area contributed by atoms with Gasteiger partial charge < -0.3 is 9.47 Å². The largest absolute Gasteiger partial charge is 0.462 e. The Balaban J connectivity index is 1.98. The summed E-state index contributed by atoms with van der Waals surface area (Å²) in [5.41, 5.74) is 0.606. The third-order valence-corrected chi connectivity index (χ3v) is 4.42. The van der Waals surface area contributed by atoms with E-state index in [0.717, 1.165) is 44.9 Å². The van der Waals surface area contributed by atoms with Gasteiger partial charge in [0.05, 0.1) is 17.7 Å². The maximum Gasteiger partial charge on any atom is 0.339 e. The lowest BCUT2D eigenvalue weighted by atomic mass is 10.1. The molecule has 132 valence electrons. The summed E-state index contributed by atoms with van der Waals surface area (Å²) in [6, 6.07) is 6.76. The molecule has 24 heavy (non-hydrogen) atoms. The van der Waals surface area contributed by atoms with E-state index in [4.69, 9.17) is 9.47 Å². The van der Waals surface area contributed by atoms with Crippen molar-refractivity contribution in [3.05, 3.63) is 35.4 Å². The first kappa shape index (κ1) is 18.5. The van der Waals surface area contributed by atoms with Crippen LogP contribution in [0.1, 0.15) is 85.4 Å². The van der Waals surface area contributed by atoms with Crippen LogP contribution >= 0.6 is 0 Å². The van der Waals surface area contributed by atoms with Gasteiger partial charge in [0.25, 0.3) is 0 Å². The normalized spacial score (nSPS) is 15.5. The van der Waals surface area contributed by atoms with Crippen LogP contribution in [0.25, 0.3) is 0 Å². The lowest BCUT2D eigenvalue weighted by Crippen LogP contribution is -2.20. The van der Waals surface area contributed by atoms with Gasteiger partial charge in [0.1, 0.15) is 6.10 Å². The molecular weight excluding hydrogens is 304 g/mol. The Morgan fingerprint density at radius 2 is 1.58 bits per heavy atom. The Morgan fingerprint density at radius 3 is 2.21 bits per heavy atom. The van der Waals surface area contributed by atoms with Gasteiger partial charge in [-0.05, 0) is 44.2 Å². The Kier molecular flexibility index (Phi) is 7.80. The average molecular weight is 332 g/mol. The first-order chi connectivity index (χ1) is 11.7. The summed E-state index contributed by atoms with van der Waals surface area (Å²) in [7, 11) is 0. The predicted molar refractivity (Wildman–Crippen MR) is 93.2 cm³/mol. The van der Waals surface area contributed by atoms with Crippen molar-refractivity contribution in [1.29, 1.82) is 0 Å². The highest BCUT2D eigenvalue weighted by Crippen LogP contribution is 2.22. The Hall–Kier alpha value is -1.84. The van der Waals surface area contributed by atoms with Gasteiger partial charge >= 0.3 is 11.9 Å². The summed E-state index contributed by atoms with van der Waals surface area (Å²) in [6.45, 7) is 2.49. The van der Waals surface area contributed by atoms with Crippen molar-refractivity contribution in [2.75, 3.05) is 6.61 Å². The quantitative estimate of drug-likeness (QED) is 0.404. The minimum absolute atomic E-state index is 0.0337. The van der Waals surface area contributed by atoms with Crippen molar-refractivity contribution in [2.24, 2.45) is 0 Å². The monoisotopic (exact) mass is 332 g/mol. The molecule has 0 spiro atoms. The number of unbranched alkanes of at least 4 members (excludes halogenated alkanes) is 2. The van der Waals surface area contributed by atoms with Crippen molar-refractivity contribution >= 4 is 11.9 Å². The lowest BCUT2D eigenvalue weighted by Gasteiger charge is -2.16. The molecule has 0 atom stereocenters. The molecule has 4 heteroatoms. The molecule has 1 aromatic rings. The van der Waals surface area contributed by atoms with Gasteiger partial charge in [-0.15, -0.1) is 0 Å². The van der Waals surface area contributed by atoms with E-state index in [1.165, 1.54) is 12.8 Å². The van der Waals surface area contributed by atoms with Crippen LogP contribution in [-0.2, 0) is 9.47 Å². The van der Waals surface area contributed by atoms with E-state index in [9.17, 15) is 9.59 Å². The summed E-state index contributed by atoms with van der Waals surface area (Å²) < 4.78 is 10.9. The highest BCUT2D eigenvalue weighted by molar-refractivity contribution is 6.03. The summed E-state index contributed by atoms with van der Waals surface area (Å²) in [4.78, 5) is 24.7. The molecule has 1 aliphatic carbocycles. The van der Waals surface area contributed by atoms with E-state index in [0.29, 0.717) is 17.7 Å². The molecule has 4 nitrogen and oxygen atoms in total. The molecule has 0 unspecified atom stereocenters. The minimum atomic E-state index is -0.445. The topological polar surface area (TPSA) is 52.6 Å². The fourth-order valence-corrected chi connectivity index (χ4v) is 3.01. The Bertz CT molecular complexity index is 530. The Labute approximate surface area is 144 Å². The number of hydrogen-bond acceptors (Lipinski definition) is 4. The first-order valence-corrected chi connectivity index (χ1v) is 9.19. The molecule has 0 N–H and O–H groups in total. The molecule has 0 amide bonds. The summed E-state index contributed by atoms with van der Waals surface area (Å²) in [5, 5.41) is 0. The van der Waals surface area contributed by atoms with Crippen molar-refractivity contribution in [1.82, 2.24) is 0 Å². The molecule has 0 aromatic heterocycles. The molecule has 1 aromatic carbocycles. The smallest absolute Gasteiger partial charge is 0.339 e. The van der Waals surface area contributed by atoms with Gasteiger partial charge in [-0.25, -0.2) is 9.59 Å². The average Bonchev–Trinajstić information content (AvgIpc) is 2.87. The van der Waals surface area contributed by atoms with Gasteiger partial charge in [0, 0.05) is 0 Å². The van der Waals surface area contributed by atoms with Crippen LogP contribution < -0.4 is 0 Å². The van der Waals surface area contributed by atoms with E-state index < -0.39 is 11.9 Å². The summed E-state index contributed by atoms with van der Waals surface area (Å²) >= 11 is 0. The van der Waals surface area contributed by atoms with Crippen LogP contribution in [0.15, 0.2) is 24.3 Å². The van der Waals surface area contributed by atoms with Crippen LogP contribution in [0.5, 0.6) is 0 Å². The molecule has 2 rings (SSSR count). The van der Waals surface area contributed by atoms with Gasteiger partial charge in [-0.2, -0.15) is 0 Å². The number of ether oxygens (including phenoxy) is 2. The van der Waals surface area contributed by atoms with E-state index in [1.54, 1.807) is 24.3 Å². The fourth-order valence-electron chi connectivity index (χ4n) is 3.01.